The van der Waals surface area contributed by atoms with Gasteiger partial charge in [0.1, 0.15) is 5.82 Å². The molecular formula is C15H21N3O. The van der Waals surface area contributed by atoms with Gasteiger partial charge >= 0.3 is 0 Å². The van der Waals surface area contributed by atoms with E-state index in [4.69, 9.17) is 5.73 Å². The molecule has 0 aliphatic heterocycles. The molecule has 0 amide bonds. The van der Waals surface area contributed by atoms with Gasteiger partial charge in [-0.3, -0.25) is 4.79 Å². The maximum Gasteiger partial charge on any atom is 0.157 e. The summed E-state index contributed by atoms with van der Waals surface area (Å²) in [6.45, 7) is 5.93. The van der Waals surface area contributed by atoms with Gasteiger partial charge in [-0.25, -0.2) is 4.98 Å². The van der Waals surface area contributed by atoms with Crippen molar-refractivity contribution in [3.05, 3.63) is 30.1 Å². The third kappa shape index (κ3) is 2.68. The molecule has 0 spiro atoms. The number of aryl methyl sites for hydroxylation is 1. The molecular weight excluding hydrogens is 238 g/mol. The number of hydrogen-bond donors (Lipinski definition) is 1. The maximum atomic E-state index is 12.2. The van der Waals surface area contributed by atoms with Gasteiger partial charge in [-0.2, -0.15) is 0 Å². The molecule has 0 aliphatic rings. The van der Waals surface area contributed by atoms with Crippen LogP contribution in [0.3, 0.4) is 0 Å². The lowest BCUT2D eigenvalue weighted by molar-refractivity contribution is -0.121. The molecule has 0 saturated heterocycles. The zero-order chi connectivity index (χ0) is 14.2. The topological polar surface area (TPSA) is 60.9 Å². The zero-order valence-corrected chi connectivity index (χ0v) is 12.0. The highest BCUT2D eigenvalue weighted by atomic mass is 16.1. The van der Waals surface area contributed by atoms with Crippen LogP contribution in [0.2, 0.25) is 0 Å². The van der Waals surface area contributed by atoms with E-state index in [9.17, 15) is 4.79 Å². The Bertz CT molecular complexity index is 607. The van der Waals surface area contributed by atoms with Crippen molar-refractivity contribution in [3.8, 4) is 0 Å². The number of Topliss-reactive ketones (excluding diaryl/α,β-unsaturated/α-hetero) is 1. The number of aromatic nitrogens is 2. The summed E-state index contributed by atoms with van der Waals surface area (Å²) >= 11 is 0. The summed E-state index contributed by atoms with van der Waals surface area (Å²) in [5.41, 5.74) is 7.73. The molecule has 4 nitrogen and oxygen atoms in total. The molecule has 102 valence electrons. The summed E-state index contributed by atoms with van der Waals surface area (Å²) in [7, 11) is 1.93. The quantitative estimate of drug-likeness (QED) is 0.917. The first kappa shape index (κ1) is 13.7. The Labute approximate surface area is 113 Å². The average Bonchev–Trinajstić information content (AvgIpc) is 2.65. The SMILES string of the molecule is Cn1c(CC(=O)C(N)C(C)(C)C)nc2ccccc21. The number of hydrogen-bond acceptors (Lipinski definition) is 3. The monoisotopic (exact) mass is 259 g/mol. The fourth-order valence-corrected chi connectivity index (χ4v) is 2.10. The molecule has 0 radical (unpaired) electrons. The Morgan fingerprint density at radius 2 is 2.00 bits per heavy atom. The Kier molecular flexibility index (Phi) is 3.45. The summed E-state index contributed by atoms with van der Waals surface area (Å²) in [5.74, 6) is 0.803. The van der Waals surface area contributed by atoms with Gasteiger partial charge in [-0.05, 0) is 17.5 Å². The zero-order valence-electron chi connectivity index (χ0n) is 12.0. The van der Waals surface area contributed by atoms with E-state index in [-0.39, 0.29) is 17.6 Å². The molecule has 2 N–H and O–H groups in total. The van der Waals surface area contributed by atoms with E-state index >= 15 is 0 Å². The molecule has 1 unspecified atom stereocenters. The Hall–Kier alpha value is -1.68. The van der Waals surface area contributed by atoms with Crippen molar-refractivity contribution in [2.75, 3.05) is 0 Å². The van der Waals surface area contributed by atoms with E-state index in [1.54, 1.807) is 0 Å². The molecule has 1 heterocycles. The standard InChI is InChI=1S/C15H21N3O/c1-15(2,3)14(16)12(19)9-13-17-10-7-5-6-8-11(10)18(13)4/h5-8,14H,9,16H2,1-4H3. The minimum absolute atomic E-state index is 0.0332. The number of fused-ring (bicyclic) bond motifs is 1. The Balaban J connectivity index is 2.27. The number of ketones is 1. The average molecular weight is 259 g/mol. The van der Waals surface area contributed by atoms with Gasteiger partial charge in [-0.1, -0.05) is 32.9 Å². The van der Waals surface area contributed by atoms with Crippen LogP contribution in [0, 0.1) is 5.41 Å². The first-order valence-corrected chi connectivity index (χ1v) is 6.49. The lowest BCUT2D eigenvalue weighted by Gasteiger charge is -2.25. The molecule has 4 heteroatoms. The van der Waals surface area contributed by atoms with E-state index in [2.05, 4.69) is 4.98 Å². The van der Waals surface area contributed by atoms with Crippen molar-refractivity contribution in [2.24, 2.45) is 18.2 Å². The number of nitrogens with zero attached hydrogens (tertiary/aromatic N) is 2. The highest BCUT2D eigenvalue weighted by Gasteiger charge is 2.28. The Morgan fingerprint density at radius 3 is 2.58 bits per heavy atom. The van der Waals surface area contributed by atoms with E-state index in [1.165, 1.54) is 0 Å². The van der Waals surface area contributed by atoms with E-state index in [0.29, 0.717) is 0 Å². The lowest BCUT2D eigenvalue weighted by Crippen LogP contribution is -2.43. The summed E-state index contributed by atoms with van der Waals surface area (Å²) in [6, 6.07) is 7.40. The number of carbonyl (C=O) groups is 1. The van der Waals surface area contributed by atoms with Gasteiger partial charge in [0.25, 0.3) is 0 Å². The van der Waals surface area contributed by atoms with Gasteiger partial charge in [0.2, 0.25) is 0 Å². The number of benzene rings is 1. The highest BCUT2D eigenvalue weighted by Crippen LogP contribution is 2.20. The van der Waals surface area contributed by atoms with E-state index < -0.39 is 6.04 Å². The first-order valence-electron chi connectivity index (χ1n) is 6.49. The fourth-order valence-electron chi connectivity index (χ4n) is 2.10. The molecule has 1 atom stereocenters. The molecule has 0 bridgehead atoms. The molecule has 2 rings (SSSR count). The number of imidazole rings is 1. The van der Waals surface area contributed by atoms with Crippen molar-refractivity contribution in [1.29, 1.82) is 0 Å². The molecule has 1 aromatic heterocycles. The highest BCUT2D eigenvalue weighted by molar-refractivity contribution is 5.87. The van der Waals surface area contributed by atoms with Gasteiger partial charge in [-0.15, -0.1) is 0 Å². The van der Waals surface area contributed by atoms with Crippen LogP contribution in [0.25, 0.3) is 11.0 Å². The van der Waals surface area contributed by atoms with Crippen molar-refractivity contribution in [2.45, 2.75) is 33.2 Å². The number of para-hydroxylation sites is 2. The minimum atomic E-state index is -0.465. The third-order valence-electron chi connectivity index (χ3n) is 3.49. The van der Waals surface area contributed by atoms with E-state index in [1.807, 2.05) is 56.7 Å². The molecule has 2 aromatic rings. The second kappa shape index (κ2) is 4.78. The van der Waals surface area contributed by atoms with Crippen LogP contribution < -0.4 is 5.73 Å². The fraction of sp³-hybridized carbons (Fsp3) is 0.467. The summed E-state index contributed by atoms with van der Waals surface area (Å²) in [4.78, 5) is 16.7. The van der Waals surface area contributed by atoms with Crippen LogP contribution in [0.1, 0.15) is 26.6 Å². The second-order valence-electron chi connectivity index (χ2n) is 6.06. The number of carbonyl (C=O) groups excluding carboxylic acids is 1. The maximum absolute atomic E-state index is 12.2. The van der Waals surface area contributed by atoms with Gasteiger partial charge in [0.15, 0.2) is 5.78 Å². The summed E-state index contributed by atoms with van der Waals surface area (Å²) in [5, 5.41) is 0. The smallest absolute Gasteiger partial charge is 0.157 e. The first-order chi connectivity index (χ1) is 8.80. The van der Waals surface area contributed by atoms with Crippen LogP contribution >= 0.6 is 0 Å². The van der Waals surface area contributed by atoms with Crippen molar-refractivity contribution >= 4 is 16.8 Å². The van der Waals surface area contributed by atoms with Crippen molar-refractivity contribution < 1.29 is 4.79 Å². The van der Waals surface area contributed by atoms with Crippen LogP contribution in [0.5, 0.6) is 0 Å². The molecule has 0 fully saturated rings. The number of rotatable bonds is 3. The summed E-state index contributed by atoms with van der Waals surface area (Å²) < 4.78 is 1.96. The summed E-state index contributed by atoms with van der Waals surface area (Å²) in [6.07, 6.45) is 0.281. The largest absolute Gasteiger partial charge is 0.331 e. The predicted molar refractivity (Wildman–Crippen MR) is 76.9 cm³/mol. The van der Waals surface area contributed by atoms with Gasteiger partial charge in [0, 0.05) is 7.05 Å². The lowest BCUT2D eigenvalue weighted by atomic mass is 9.84. The number of nitrogens with two attached hydrogens (primary N) is 1. The molecule has 19 heavy (non-hydrogen) atoms. The third-order valence-corrected chi connectivity index (χ3v) is 3.49. The minimum Gasteiger partial charge on any atom is -0.331 e. The van der Waals surface area contributed by atoms with E-state index in [0.717, 1.165) is 16.9 Å². The molecule has 0 saturated carbocycles. The van der Waals surface area contributed by atoms with Crippen LogP contribution in [0.4, 0.5) is 0 Å². The van der Waals surface area contributed by atoms with Crippen molar-refractivity contribution in [3.63, 3.8) is 0 Å². The van der Waals surface area contributed by atoms with Gasteiger partial charge < -0.3 is 10.3 Å². The normalized spacial score (nSPS) is 13.7. The van der Waals surface area contributed by atoms with Crippen LogP contribution in [-0.4, -0.2) is 21.4 Å². The van der Waals surface area contributed by atoms with Crippen molar-refractivity contribution in [1.82, 2.24) is 9.55 Å². The van der Waals surface area contributed by atoms with Crippen LogP contribution in [-0.2, 0) is 18.3 Å². The molecule has 1 aromatic carbocycles. The van der Waals surface area contributed by atoms with Gasteiger partial charge in [0.05, 0.1) is 23.5 Å². The second-order valence-corrected chi connectivity index (χ2v) is 6.06. The predicted octanol–water partition coefficient (Wildman–Crippen LogP) is 2.06. The Morgan fingerprint density at radius 1 is 1.37 bits per heavy atom. The van der Waals surface area contributed by atoms with Crippen LogP contribution in [0.15, 0.2) is 24.3 Å². The molecule has 0 aliphatic carbocycles.